The first kappa shape index (κ1) is 18.1. The van der Waals surface area contributed by atoms with E-state index in [4.69, 9.17) is 9.47 Å². The second-order valence-electron chi connectivity index (χ2n) is 6.73. The number of phenolic OH excluding ortho intramolecular Hbond substituents is 1. The third-order valence-corrected chi connectivity index (χ3v) is 5.73. The van der Waals surface area contributed by atoms with Gasteiger partial charge in [-0.3, -0.25) is 4.79 Å². The number of carbonyl (C=O) groups excluding carboxylic acids is 1. The van der Waals surface area contributed by atoms with Gasteiger partial charge in [-0.1, -0.05) is 28.1 Å². The van der Waals surface area contributed by atoms with Crippen molar-refractivity contribution in [2.75, 3.05) is 25.6 Å². The predicted molar refractivity (Wildman–Crippen MR) is 105 cm³/mol. The second-order valence-corrected chi connectivity index (χ2v) is 7.58. The van der Waals surface area contributed by atoms with Crippen molar-refractivity contribution in [3.05, 3.63) is 52.0 Å². The Kier molecular flexibility index (Phi) is 4.97. The van der Waals surface area contributed by atoms with Crippen LogP contribution in [-0.4, -0.2) is 42.3 Å². The molecule has 0 radical (unpaired) electrons. The Morgan fingerprint density at radius 2 is 2.19 bits per heavy atom. The maximum atomic E-state index is 13.3. The molecule has 27 heavy (non-hydrogen) atoms. The third-order valence-electron chi connectivity index (χ3n) is 5.04. The lowest BCUT2D eigenvalue weighted by Gasteiger charge is -2.39. The number of halogens is 1. The molecule has 2 aromatic carbocycles. The van der Waals surface area contributed by atoms with Crippen molar-refractivity contribution < 1.29 is 19.4 Å². The van der Waals surface area contributed by atoms with E-state index in [-0.39, 0.29) is 17.8 Å². The van der Waals surface area contributed by atoms with E-state index in [0.29, 0.717) is 22.3 Å². The van der Waals surface area contributed by atoms with Gasteiger partial charge in [-0.25, -0.2) is 0 Å². The van der Waals surface area contributed by atoms with Crippen molar-refractivity contribution >= 4 is 27.5 Å². The van der Waals surface area contributed by atoms with Gasteiger partial charge in [0, 0.05) is 28.9 Å². The lowest BCUT2D eigenvalue weighted by molar-refractivity contribution is 0.0426. The van der Waals surface area contributed by atoms with Crippen LogP contribution in [0.4, 0.5) is 5.69 Å². The summed E-state index contributed by atoms with van der Waals surface area (Å²) in [6.07, 6.45) is 1.58. The van der Waals surface area contributed by atoms with Crippen LogP contribution in [0.25, 0.3) is 0 Å². The van der Waals surface area contributed by atoms with Gasteiger partial charge < -0.3 is 24.8 Å². The monoisotopic (exact) mass is 432 g/mol. The number of amides is 1. The highest BCUT2D eigenvalue weighted by atomic mass is 79.9. The van der Waals surface area contributed by atoms with Gasteiger partial charge >= 0.3 is 0 Å². The van der Waals surface area contributed by atoms with E-state index >= 15 is 0 Å². The van der Waals surface area contributed by atoms with E-state index in [1.54, 1.807) is 17.0 Å². The van der Waals surface area contributed by atoms with Gasteiger partial charge in [0.15, 0.2) is 11.5 Å². The lowest BCUT2D eigenvalue weighted by Crippen LogP contribution is -2.46. The summed E-state index contributed by atoms with van der Waals surface area (Å²) >= 11 is 3.52. The van der Waals surface area contributed by atoms with Crippen molar-refractivity contribution in [3.8, 4) is 11.5 Å². The molecule has 2 aliphatic heterocycles. The van der Waals surface area contributed by atoms with E-state index in [1.807, 2.05) is 24.3 Å². The van der Waals surface area contributed by atoms with Gasteiger partial charge in [0.25, 0.3) is 5.91 Å². The van der Waals surface area contributed by atoms with Gasteiger partial charge in [0.2, 0.25) is 0 Å². The van der Waals surface area contributed by atoms with Crippen LogP contribution in [-0.2, 0) is 4.74 Å². The molecule has 2 N–H and O–H groups in total. The zero-order valence-corrected chi connectivity index (χ0v) is 16.5. The van der Waals surface area contributed by atoms with E-state index in [2.05, 4.69) is 21.2 Å². The van der Waals surface area contributed by atoms with E-state index in [0.717, 1.165) is 30.7 Å². The fourth-order valence-corrected chi connectivity index (χ4v) is 4.21. The molecule has 0 unspecified atom stereocenters. The Bertz CT molecular complexity index is 867. The lowest BCUT2D eigenvalue weighted by atomic mass is 10.0. The maximum Gasteiger partial charge on any atom is 0.257 e. The van der Waals surface area contributed by atoms with Crippen LogP contribution in [0.5, 0.6) is 11.5 Å². The number of nitrogens with zero attached hydrogens (tertiary/aromatic N) is 1. The first-order chi connectivity index (χ1) is 13.1. The summed E-state index contributed by atoms with van der Waals surface area (Å²) in [5.41, 5.74) is 2.24. The number of hydrogen-bond donors (Lipinski definition) is 2. The topological polar surface area (TPSA) is 71.0 Å². The highest BCUT2D eigenvalue weighted by Gasteiger charge is 2.36. The summed E-state index contributed by atoms with van der Waals surface area (Å²) in [5, 5.41) is 13.5. The molecule has 0 saturated carbocycles. The fourth-order valence-electron chi connectivity index (χ4n) is 3.67. The molecule has 142 valence electrons. The molecular weight excluding hydrogens is 412 g/mol. The van der Waals surface area contributed by atoms with Crippen LogP contribution >= 0.6 is 15.9 Å². The van der Waals surface area contributed by atoms with Crippen LogP contribution in [0.3, 0.4) is 0 Å². The smallest absolute Gasteiger partial charge is 0.257 e. The van der Waals surface area contributed by atoms with Crippen LogP contribution in [0.2, 0.25) is 0 Å². The second kappa shape index (κ2) is 7.40. The summed E-state index contributed by atoms with van der Waals surface area (Å²) < 4.78 is 11.7. The highest BCUT2D eigenvalue weighted by Crippen LogP contribution is 2.40. The standard InChI is InChI=1S/C20H21BrN2O4/c1-26-18-9-14(15(21)10-17(18)24)19-22-16-7-3-2-6-13(16)20(25)23(19)11-12-5-4-8-27-12/h2-3,6-7,9-10,12,19,22,24H,4-5,8,11H2,1H3/t12-,19-/m0/s1. The number of benzene rings is 2. The molecule has 2 atom stereocenters. The molecule has 0 spiro atoms. The summed E-state index contributed by atoms with van der Waals surface area (Å²) in [7, 11) is 1.51. The molecule has 0 bridgehead atoms. The number of aromatic hydroxyl groups is 1. The average Bonchev–Trinajstić information content (AvgIpc) is 3.17. The van der Waals surface area contributed by atoms with Crippen molar-refractivity contribution in [2.24, 2.45) is 0 Å². The van der Waals surface area contributed by atoms with Gasteiger partial charge in [-0.2, -0.15) is 0 Å². The summed E-state index contributed by atoms with van der Waals surface area (Å²) in [6.45, 7) is 1.23. The van der Waals surface area contributed by atoms with E-state index < -0.39 is 6.17 Å². The van der Waals surface area contributed by atoms with Crippen molar-refractivity contribution in [3.63, 3.8) is 0 Å². The zero-order chi connectivity index (χ0) is 19.0. The van der Waals surface area contributed by atoms with Crippen molar-refractivity contribution in [1.29, 1.82) is 0 Å². The fraction of sp³-hybridized carbons (Fsp3) is 0.350. The van der Waals surface area contributed by atoms with E-state index in [1.165, 1.54) is 7.11 Å². The third kappa shape index (κ3) is 3.37. The number of nitrogens with one attached hydrogen (secondary N) is 1. The van der Waals surface area contributed by atoms with Crippen molar-refractivity contribution in [2.45, 2.75) is 25.1 Å². The molecule has 7 heteroatoms. The number of fused-ring (bicyclic) bond motifs is 1. The number of methoxy groups -OCH3 is 1. The summed E-state index contributed by atoms with van der Waals surface area (Å²) in [4.78, 5) is 15.1. The molecule has 0 aliphatic carbocycles. The quantitative estimate of drug-likeness (QED) is 0.765. The normalized spacial score (nSPS) is 21.7. The Morgan fingerprint density at radius 3 is 2.93 bits per heavy atom. The van der Waals surface area contributed by atoms with Gasteiger partial charge in [-0.05, 0) is 37.1 Å². The molecule has 0 aromatic heterocycles. The Hall–Kier alpha value is -2.25. The molecule has 1 saturated heterocycles. The zero-order valence-electron chi connectivity index (χ0n) is 14.9. The largest absolute Gasteiger partial charge is 0.504 e. The van der Waals surface area contributed by atoms with Gasteiger partial charge in [0.1, 0.15) is 6.17 Å². The number of anilines is 1. The minimum absolute atomic E-state index is 0.0290. The minimum atomic E-state index is -0.402. The number of hydrogen-bond acceptors (Lipinski definition) is 5. The van der Waals surface area contributed by atoms with Gasteiger partial charge in [0.05, 0.1) is 18.8 Å². The summed E-state index contributed by atoms with van der Waals surface area (Å²) in [5.74, 6) is 0.364. The Balaban J connectivity index is 1.77. The highest BCUT2D eigenvalue weighted by molar-refractivity contribution is 9.10. The van der Waals surface area contributed by atoms with E-state index in [9.17, 15) is 9.90 Å². The van der Waals surface area contributed by atoms with Crippen LogP contribution in [0.1, 0.15) is 34.9 Å². The molecule has 2 aliphatic rings. The first-order valence-electron chi connectivity index (χ1n) is 8.93. The molecule has 1 fully saturated rings. The van der Waals surface area contributed by atoms with Crippen LogP contribution in [0, 0.1) is 0 Å². The minimum Gasteiger partial charge on any atom is -0.504 e. The number of para-hydroxylation sites is 1. The average molecular weight is 433 g/mol. The molecule has 4 rings (SSSR count). The SMILES string of the molecule is COc1cc([C@H]2Nc3ccccc3C(=O)N2C[C@@H]2CCCO2)c(Br)cc1O. The van der Waals surface area contributed by atoms with Crippen LogP contribution < -0.4 is 10.1 Å². The number of phenols is 1. The molecule has 2 aromatic rings. The Labute approximate surface area is 166 Å². The van der Waals surface area contributed by atoms with Crippen molar-refractivity contribution in [1.82, 2.24) is 4.90 Å². The predicted octanol–water partition coefficient (Wildman–Crippen LogP) is 3.91. The molecule has 1 amide bonds. The maximum absolute atomic E-state index is 13.3. The number of rotatable bonds is 4. The summed E-state index contributed by atoms with van der Waals surface area (Å²) in [6, 6.07) is 10.8. The molecular formula is C20H21BrN2O4. The number of carbonyl (C=O) groups is 1. The Morgan fingerprint density at radius 1 is 1.37 bits per heavy atom. The number of ether oxygens (including phenoxy) is 2. The van der Waals surface area contributed by atoms with Gasteiger partial charge in [-0.15, -0.1) is 0 Å². The molecule has 6 nitrogen and oxygen atoms in total. The first-order valence-corrected chi connectivity index (χ1v) is 9.72. The van der Waals surface area contributed by atoms with Crippen LogP contribution in [0.15, 0.2) is 40.9 Å². The molecule has 2 heterocycles.